The number of aryl methyl sites for hydroxylation is 1. The molecule has 21 heavy (non-hydrogen) atoms. The molecular formula is C14H12N2O5. The molecule has 2 aromatic rings. The van der Waals surface area contributed by atoms with E-state index in [0.29, 0.717) is 28.5 Å². The molecule has 0 bridgehead atoms. The summed E-state index contributed by atoms with van der Waals surface area (Å²) >= 11 is 0. The van der Waals surface area contributed by atoms with Gasteiger partial charge < -0.3 is 19.3 Å². The summed E-state index contributed by atoms with van der Waals surface area (Å²) in [6.45, 7) is 3.19. The molecule has 7 nitrogen and oxygen atoms in total. The number of carbonyl (C=O) groups is 2. The van der Waals surface area contributed by atoms with Crippen molar-refractivity contribution in [2.24, 2.45) is 0 Å². The van der Waals surface area contributed by atoms with Gasteiger partial charge in [0.25, 0.3) is 5.91 Å². The highest BCUT2D eigenvalue weighted by molar-refractivity contribution is 6.08. The molecule has 1 aliphatic heterocycles. The fourth-order valence-electron chi connectivity index (χ4n) is 2.00. The van der Waals surface area contributed by atoms with Crippen molar-refractivity contribution in [2.45, 2.75) is 13.8 Å². The third-order valence-electron chi connectivity index (χ3n) is 3.00. The van der Waals surface area contributed by atoms with Gasteiger partial charge in [0.05, 0.1) is 5.69 Å². The van der Waals surface area contributed by atoms with Gasteiger partial charge in [0.15, 0.2) is 23.0 Å². The van der Waals surface area contributed by atoms with Crippen molar-refractivity contribution in [3.63, 3.8) is 0 Å². The fraction of sp³-hybridized carbons (Fsp3) is 0.214. The molecule has 1 aromatic heterocycles. The number of aromatic nitrogens is 1. The molecule has 0 saturated carbocycles. The highest BCUT2D eigenvalue weighted by Gasteiger charge is 2.21. The maximum atomic E-state index is 12.1. The second-order valence-corrected chi connectivity index (χ2v) is 4.58. The molecule has 0 unspecified atom stereocenters. The quantitative estimate of drug-likeness (QED) is 0.870. The van der Waals surface area contributed by atoms with Crippen molar-refractivity contribution in [3.8, 4) is 11.5 Å². The lowest BCUT2D eigenvalue weighted by molar-refractivity contribution is 0.101. The summed E-state index contributed by atoms with van der Waals surface area (Å²) in [4.78, 5) is 23.8. The van der Waals surface area contributed by atoms with Crippen LogP contribution in [0.5, 0.6) is 11.5 Å². The Morgan fingerprint density at radius 1 is 1.19 bits per heavy atom. The topological polar surface area (TPSA) is 90.7 Å². The van der Waals surface area contributed by atoms with Crippen molar-refractivity contribution in [1.29, 1.82) is 0 Å². The predicted molar refractivity (Wildman–Crippen MR) is 71.8 cm³/mol. The Morgan fingerprint density at radius 3 is 2.52 bits per heavy atom. The second-order valence-electron chi connectivity index (χ2n) is 4.58. The Hall–Kier alpha value is -2.83. The number of amides is 1. The minimum absolute atomic E-state index is 0.0898. The third kappa shape index (κ3) is 2.45. The van der Waals surface area contributed by atoms with E-state index in [1.54, 1.807) is 19.1 Å². The number of fused-ring (bicyclic) bond motifs is 1. The number of hydrogen-bond acceptors (Lipinski definition) is 6. The maximum Gasteiger partial charge on any atom is 0.277 e. The molecule has 0 atom stereocenters. The van der Waals surface area contributed by atoms with E-state index in [0.717, 1.165) is 0 Å². The lowest BCUT2D eigenvalue weighted by Crippen LogP contribution is -2.14. The van der Waals surface area contributed by atoms with E-state index in [-0.39, 0.29) is 18.3 Å². The van der Waals surface area contributed by atoms with Gasteiger partial charge >= 0.3 is 0 Å². The summed E-state index contributed by atoms with van der Waals surface area (Å²) in [5.74, 6) is 0.827. The third-order valence-corrected chi connectivity index (χ3v) is 3.00. The number of ether oxygens (including phenoxy) is 2. The number of rotatable bonds is 3. The Balaban J connectivity index is 1.94. The van der Waals surface area contributed by atoms with E-state index in [4.69, 9.17) is 14.0 Å². The predicted octanol–water partition coefficient (Wildman–Crippen LogP) is 2.17. The number of ketones is 1. The number of benzene rings is 1. The van der Waals surface area contributed by atoms with Crippen LogP contribution in [0.2, 0.25) is 0 Å². The van der Waals surface area contributed by atoms with E-state index in [1.807, 2.05) is 0 Å². The van der Waals surface area contributed by atoms with Gasteiger partial charge in [0, 0.05) is 17.7 Å². The van der Waals surface area contributed by atoms with Gasteiger partial charge in [-0.25, -0.2) is 0 Å². The van der Waals surface area contributed by atoms with Crippen molar-refractivity contribution < 1.29 is 23.6 Å². The van der Waals surface area contributed by atoms with Crippen LogP contribution in [0.4, 0.5) is 5.69 Å². The molecule has 108 valence electrons. The summed E-state index contributed by atoms with van der Waals surface area (Å²) in [5, 5.41) is 6.26. The number of Topliss-reactive ketones (excluding diaryl/α,β-unsaturated/α-hetero) is 1. The van der Waals surface area contributed by atoms with Crippen LogP contribution in [-0.4, -0.2) is 23.6 Å². The first-order valence-corrected chi connectivity index (χ1v) is 6.24. The van der Waals surface area contributed by atoms with Gasteiger partial charge in [-0.15, -0.1) is 0 Å². The molecule has 2 heterocycles. The van der Waals surface area contributed by atoms with E-state index >= 15 is 0 Å². The highest BCUT2D eigenvalue weighted by atomic mass is 16.7. The first-order chi connectivity index (χ1) is 10.0. The van der Waals surface area contributed by atoms with E-state index in [2.05, 4.69) is 10.5 Å². The van der Waals surface area contributed by atoms with Gasteiger partial charge in [0.2, 0.25) is 6.79 Å². The van der Waals surface area contributed by atoms with E-state index < -0.39 is 5.91 Å². The summed E-state index contributed by atoms with van der Waals surface area (Å²) in [6, 6.07) is 4.62. The van der Waals surface area contributed by atoms with Crippen LogP contribution >= 0.6 is 0 Å². The maximum absolute atomic E-state index is 12.1. The standard InChI is InChI=1S/C14H12N2O5/c1-7-3-11(16-21-7)14(18)15-10-5-13-12(19-6-20-13)4-9(10)8(2)17/h3-5H,6H2,1-2H3,(H,15,18). The first-order valence-electron chi connectivity index (χ1n) is 6.24. The van der Waals surface area contributed by atoms with Gasteiger partial charge in [-0.1, -0.05) is 5.16 Å². The number of anilines is 1. The van der Waals surface area contributed by atoms with Crippen LogP contribution in [0, 0.1) is 6.92 Å². The lowest BCUT2D eigenvalue weighted by atomic mass is 10.1. The summed E-state index contributed by atoms with van der Waals surface area (Å²) in [5.41, 5.74) is 0.824. The Labute approximate surface area is 119 Å². The van der Waals surface area contributed by atoms with Gasteiger partial charge in [-0.05, 0) is 19.9 Å². The molecule has 1 aromatic carbocycles. The minimum atomic E-state index is -0.465. The molecule has 0 fully saturated rings. The summed E-state index contributed by atoms with van der Waals surface area (Å²) in [7, 11) is 0. The van der Waals surface area contributed by atoms with Crippen LogP contribution in [0.1, 0.15) is 33.5 Å². The number of nitrogens with zero attached hydrogens (tertiary/aromatic N) is 1. The van der Waals surface area contributed by atoms with Crippen LogP contribution < -0.4 is 14.8 Å². The average molecular weight is 288 g/mol. The monoisotopic (exact) mass is 288 g/mol. The molecule has 0 saturated heterocycles. The Kier molecular flexibility index (Phi) is 3.09. The van der Waals surface area contributed by atoms with Crippen LogP contribution in [-0.2, 0) is 0 Å². The minimum Gasteiger partial charge on any atom is -0.454 e. The van der Waals surface area contributed by atoms with Gasteiger partial charge in [0.1, 0.15) is 5.76 Å². The SMILES string of the molecule is CC(=O)c1cc2c(cc1NC(=O)c1cc(C)on1)OCO2. The van der Waals surface area contributed by atoms with Crippen molar-refractivity contribution in [1.82, 2.24) is 5.16 Å². The molecule has 0 aliphatic carbocycles. The Morgan fingerprint density at radius 2 is 1.90 bits per heavy atom. The zero-order valence-electron chi connectivity index (χ0n) is 11.4. The zero-order valence-corrected chi connectivity index (χ0v) is 11.4. The molecule has 1 amide bonds. The van der Waals surface area contributed by atoms with Crippen molar-refractivity contribution in [3.05, 3.63) is 35.2 Å². The van der Waals surface area contributed by atoms with Gasteiger partial charge in [-0.2, -0.15) is 0 Å². The fourth-order valence-corrected chi connectivity index (χ4v) is 2.00. The van der Waals surface area contributed by atoms with Crippen molar-refractivity contribution >= 4 is 17.4 Å². The molecule has 7 heteroatoms. The summed E-state index contributed by atoms with van der Waals surface area (Å²) in [6.07, 6.45) is 0. The molecular weight excluding hydrogens is 276 g/mol. The lowest BCUT2D eigenvalue weighted by Gasteiger charge is -2.09. The molecule has 1 aliphatic rings. The molecule has 0 radical (unpaired) electrons. The van der Waals surface area contributed by atoms with E-state index in [9.17, 15) is 9.59 Å². The number of nitrogens with one attached hydrogen (secondary N) is 1. The van der Waals surface area contributed by atoms with Gasteiger partial charge in [-0.3, -0.25) is 9.59 Å². The highest BCUT2D eigenvalue weighted by Crippen LogP contribution is 2.37. The zero-order chi connectivity index (χ0) is 15.0. The molecule has 0 spiro atoms. The smallest absolute Gasteiger partial charge is 0.277 e. The van der Waals surface area contributed by atoms with Crippen LogP contribution in [0.3, 0.4) is 0 Å². The summed E-state index contributed by atoms with van der Waals surface area (Å²) < 4.78 is 15.3. The second kappa shape index (κ2) is 4.93. The van der Waals surface area contributed by atoms with E-state index in [1.165, 1.54) is 13.0 Å². The largest absolute Gasteiger partial charge is 0.454 e. The Bertz CT molecular complexity index is 735. The normalized spacial score (nSPS) is 12.3. The van der Waals surface area contributed by atoms with Crippen LogP contribution in [0.15, 0.2) is 22.7 Å². The van der Waals surface area contributed by atoms with Crippen molar-refractivity contribution in [2.75, 3.05) is 12.1 Å². The number of carbonyl (C=O) groups excluding carboxylic acids is 2. The molecule has 1 N–H and O–H groups in total. The average Bonchev–Trinajstić information content (AvgIpc) is 3.05. The molecule has 3 rings (SSSR count). The first kappa shape index (κ1) is 13.2. The number of hydrogen-bond donors (Lipinski definition) is 1. The van der Waals surface area contributed by atoms with Crippen LogP contribution in [0.25, 0.3) is 0 Å².